The molecule has 2 atom stereocenters. The lowest BCUT2D eigenvalue weighted by atomic mass is 10.2. The molecule has 2 heterocycles. The fraction of sp³-hybridized carbons (Fsp3) is 0.800. The molecule has 16 heavy (non-hydrogen) atoms. The van der Waals surface area contributed by atoms with Crippen LogP contribution in [0.25, 0.3) is 0 Å². The van der Waals surface area contributed by atoms with E-state index < -0.39 is 0 Å². The second-order valence-corrected chi connectivity index (χ2v) is 4.13. The minimum absolute atomic E-state index is 0.0969. The smallest absolute Gasteiger partial charge is 0.243 e. The molecule has 1 saturated heterocycles. The molecule has 90 valence electrons. The monoisotopic (exact) mass is 226 g/mol. The maximum Gasteiger partial charge on any atom is 0.243 e. The summed E-state index contributed by atoms with van der Waals surface area (Å²) in [5, 5.41) is 3.93. The predicted octanol–water partition coefficient (Wildman–Crippen LogP) is 0.482. The quantitative estimate of drug-likeness (QED) is 0.808. The summed E-state index contributed by atoms with van der Waals surface area (Å²) in [5.74, 6) is 1.10. The third-order valence-electron chi connectivity index (χ3n) is 2.77. The van der Waals surface area contributed by atoms with Gasteiger partial charge in [-0.2, -0.15) is 4.98 Å². The summed E-state index contributed by atoms with van der Waals surface area (Å²) in [6, 6.07) is -0.178. The zero-order valence-corrected chi connectivity index (χ0v) is 9.72. The molecule has 1 aliphatic rings. The van der Waals surface area contributed by atoms with Crippen molar-refractivity contribution in [2.45, 2.75) is 25.5 Å². The molecule has 0 aromatic carbocycles. The van der Waals surface area contributed by atoms with Gasteiger partial charge in [0.1, 0.15) is 6.10 Å². The van der Waals surface area contributed by atoms with E-state index in [9.17, 15) is 0 Å². The first-order valence-electron chi connectivity index (χ1n) is 5.60. The van der Waals surface area contributed by atoms with Crippen LogP contribution in [0.2, 0.25) is 0 Å². The molecule has 6 nitrogen and oxygen atoms in total. The number of morpholine rings is 1. The molecule has 0 amide bonds. The Morgan fingerprint density at radius 1 is 1.62 bits per heavy atom. The standard InChI is InChI=1S/C10H18N4O2/c1-3-7(11)10-12-9(13-16-10)8-6-14(2)4-5-15-8/h7-8H,3-6,11H2,1-2H3. The summed E-state index contributed by atoms with van der Waals surface area (Å²) in [7, 11) is 2.05. The Morgan fingerprint density at radius 3 is 3.12 bits per heavy atom. The zero-order valence-electron chi connectivity index (χ0n) is 9.72. The Labute approximate surface area is 94.7 Å². The number of ether oxygens (including phenoxy) is 1. The van der Waals surface area contributed by atoms with Gasteiger partial charge in [-0.25, -0.2) is 0 Å². The highest BCUT2D eigenvalue weighted by molar-refractivity contribution is 4.96. The largest absolute Gasteiger partial charge is 0.367 e. The maximum atomic E-state index is 5.82. The second-order valence-electron chi connectivity index (χ2n) is 4.13. The molecule has 1 aromatic heterocycles. The summed E-state index contributed by atoms with van der Waals surface area (Å²) in [6.45, 7) is 4.42. The lowest BCUT2D eigenvalue weighted by molar-refractivity contribution is -0.0264. The summed E-state index contributed by atoms with van der Waals surface area (Å²) in [5.41, 5.74) is 5.82. The van der Waals surface area contributed by atoms with E-state index in [2.05, 4.69) is 15.0 Å². The second kappa shape index (κ2) is 4.90. The summed E-state index contributed by atoms with van der Waals surface area (Å²) >= 11 is 0. The molecule has 2 unspecified atom stereocenters. The Morgan fingerprint density at radius 2 is 2.44 bits per heavy atom. The number of rotatable bonds is 3. The maximum absolute atomic E-state index is 5.82. The predicted molar refractivity (Wildman–Crippen MR) is 57.7 cm³/mol. The first kappa shape index (κ1) is 11.5. The number of aromatic nitrogens is 2. The molecule has 1 aromatic rings. The van der Waals surface area contributed by atoms with Crippen molar-refractivity contribution < 1.29 is 9.26 Å². The zero-order chi connectivity index (χ0) is 11.5. The van der Waals surface area contributed by atoms with Crippen LogP contribution in [0, 0.1) is 0 Å². The normalized spacial score (nSPS) is 24.6. The van der Waals surface area contributed by atoms with Gasteiger partial charge in [0.2, 0.25) is 11.7 Å². The van der Waals surface area contributed by atoms with Gasteiger partial charge in [-0.15, -0.1) is 0 Å². The van der Waals surface area contributed by atoms with Gasteiger partial charge < -0.3 is 19.9 Å². The van der Waals surface area contributed by atoms with Crippen molar-refractivity contribution in [3.8, 4) is 0 Å². The molecule has 0 spiro atoms. The number of hydrogen-bond acceptors (Lipinski definition) is 6. The highest BCUT2D eigenvalue weighted by Crippen LogP contribution is 2.20. The van der Waals surface area contributed by atoms with Crippen LogP contribution >= 0.6 is 0 Å². The molecule has 0 aliphatic carbocycles. The van der Waals surface area contributed by atoms with Crippen LogP contribution in [0.4, 0.5) is 0 Å². The Bertz CT molecular complexity index is 341. The van der Waals surface area contributed by atoms with E-state index >= 15 is 0 Å². The molecular weight excluding hydrogens is 208 g/mol. The van der Waals surface area contributed by atoms with Crippen LogP contribution in [-0.4, -0.2) is 41.8 Å². The molecule has 2 rings (SSSR count). The van der Waals surface area contributed by atoms with Crippen LogP contribution in [0.1, 0.15) is 37.2 Å². The van der Waals surface area contributed by atoms with E-state index in [1.54, 1.807) is 0 Å². The van der Waals surface area contributed by atoms with E-state index in [0.717, 1.165) is 19.5 Å². The first-order chi connectivity index (χ1) is 7.70. The van der Waals surface area contributed by atoms with Gasteiger partial charge in [0, 0.05) is 13.1 Å². The topological polar surface area (TPSA) is 77.4 Å². The molecule has 0 saturated carbocycles. The van der Waals surface area contributed by atoms with E-state index in [0.29, 0.717) is 18.3 Å². The van der Waals surface area contributed by atoms with E-state index in [1.807, 2.05) is 14.0 Å². The van der Waals surface area contributed by atoms with Crippen molar-refractivity contribution in [1.29, 1.82) is 0 Å². The third-order valence-corrected chi connectivity index (χ3v) is 2.77. The Kier molecular flexibility index (Phi) is 3.52. The van der Waals surface area contributed by atoms with Crippen LogP contribution in [0.15, 0.2) is 4.52 Å². The lowest BCUT2D eigenvalue weighted by Gasteiger charge is -2.27. The SMILES string of the molecule is CCC(N)c1nc(C2CN(C)CCO2)no1. The van der Waals surface area contributed by atoms with Crippen molar-refractivity contribution in [3.05, 3.63) is 11.7 Å². The molecule has 6 heteroatoms. The van der Waals surface area contributed by atoms with Crippen molar-refractivity contribution in [2.75, 3.05) is 26.7 Å². The third kappa shape index (κ3) is 2.40. The lowest BCUT2D eigenvalue weighted by Crippen LogP contribution is -2.35. The minimum Gasteiger partial charge on any atom is -0.367 e. The molecular formula is C10H18N4O2. The van der Waals surface area contributed by atoms with Crippen LogP contribution in [-0.2, 0) is 4.74 Å². The summed E-state index contributed by atoms with van der Waals surface area (Å²) in [6.07, 6.45) is 0.688. The highest BCUT2D eigenvalue weighted by Gasteiger charge is 2.25. The Balaban J connectivity index is 2.06. The van der Waals surface area contributed by atoms with Crippen molar-refractivity contribution in [1.82, 2.24) is 15.0 Å². The number of nitrogens with zero attached hydrogens (tertiary/aromatic N) is 3. The van der Waals surface area contributed by atoms with Crippen LogP contribution in [0.5, 0.6) is 0 Å². The van der Waals surface area contributed by atoms with Gasteiger partial charge >= 0.3 is 0 Å². The average Bonchev–Trinajstić information content (AvgIpc) is 2.77. The van der Waals surface area contributed by atoms with Crippen molar-refractivity contribution in [2.24, 2.45) is 5.73 Å². The average molecular weight is 226 g/mol. The van der Waals surface area contributed by atoms with Crippen molar-refractivity contribution in [3.63, 3.8) is 0 Å². The van der Waals surface area contributed by atoms with Gasteiger partial charge in [0.25, 0.3) is 0 Å². The molecule has 0 radical (unpaired) electrons. The van der Waals surface area contributed by atoms with Gasteiger partial charge in [-0.1, -0.05) is 12.1 Å². The Hall–Kier alpha value is -0.980. The van der Waals surface area contributed by atoms with Gasteiger partial charge in [0.05, 0.1) is 12.6 Å². The number of hydrogen-bond donors (Lipinski definition) is 1. The highest BCUT2D eigenvalue weighted by atomic mass is 16.5. The summed E-state index contributed by atoms with van der Waals surface area (Å²) < 4.78 is 10.7. The molecule has 1 fully saturated rings. The van der Waals surface area contributed by atoms with Crippen molar-refractivity contribution >= 4 is 0 Å². The number of nitrogens with two attached hydrogens (primary N) is 1. The first-order valence-corrected chi connectivity index (χ1v) is 5.60. The molecule has 2 N–H and O–H groups in total. The molecule has 1 aliphatic heterocycles. The minimum atomic E-state index is -0.178. The fourth-order valence-corrected chi connectivity index (χ4v) is 1.64. The number of likely N-dealkylation sites (N-methyl/N-ethyl adjacent to an activating group) is 1. The van der Waals surface area contributed by atoms with Crippen LogP contribution in [0.3, 0.4) is 0 Å². The molecule has 0 bridgehead atoms. The van der Waals surface area contributed by atoms with Gasteiger partial charge in [-0.05, 0) is 13.5 Å². The van der Waals surface area contributed by atoms with Gasteiger partial charge in [0.15, 0.2) is 0 Å². The van der Waals surface area contributed by atoms with Gasteiger partial charge in [-0.3, -0.25) is 0 Å². The fourth-order valence-electron chi connectivity index (χ4n) is 1.64. The van der Waals surface area contributed by atoms with E-state index in [1.165, 1.54) is 0 Å². The van der Waals surface area contributed by atoms with E-state index in [-0.39, 0.29) is 12.1 Å². The summed E-state index contributed by atoms with van der Waals surface area (Å²) in [4.78, 5) is 6.47. The van der Waals surface area contributed by atoms with Crippen LogP contribution < -0.4 is 5.73 Å². The van der Waals surface area contributed by atoms with E-state index in [4.69, 9.17) is 15.0 Å².